The lowest BCUT2D eigenvalue weighted by Crippen LogP contribution is -2.87. The Morgan fingerprint density at radius 3 is 2.55 bits per heavy atom. The van der Waals surface area contributed by atoms with E-state index in [4.69, 9.17) is 0 Å². The van der Waals surface area contributed by atoms with Gasteiger partial charge in [0.2, 0.25) is 0 Å². The average Bonchev–Trinajstić information content (AvgIpc) is 2.60. The number of carbonyl (C=O) groups is 1. The third-order valence-electron chi connectivity index (χ3n) is 4.88. The maximum absolute atomic E-state index is 12.5. The van der Waals surface area contributed by atoms with E-state index in [9.17, 15) is 10.1 Å². The summed E-state index contributed by atoms with van der Waals surface area (Å²) in [5.41, 5.74) is 0.629. The molecule has 1 atom stereocenters. The lowest BCUT2D eigenvalue weighted by atomic mass is 9.81. The van der Waals surface area contributed by atoms with Gasteiger partial charge >= 0.3 is 0 Å². The van der Waals surface area contributed by atoms with Crippen molar-refractivity contribution in [3.63, 3.8) is 0 Å². The molecule has 1 amide bonds. The van der Waals surface area contributed by atoms with E-state index < -0.39 is 5.54 Å². The highest BCUT2D eigenvalue weighted by Gasteiger charge is 2.39. The molecule has 1 aromatic carbocycles. The summed E-state index contributed by atoms with van der Waals surface area (Å²) in [6, 6.07) is 12.8. The molecule has 118 valence electrons. The van der Waals surface area contributed by atoms with Crippen LogP contribution in [-0.4, -0.2) is 29.9 Å². The van der Waals surface area contributed by atoms with Gasteiger partial charge in [0.25, 0.3) is 5.91 Å². The number of amides is 1. The highest BCUT2D eigenvalue weighted by Crippen LogP contribution is 2.32. The second-order valence-corrected chi connectivity index (χ2v) is 6.30. The molecular weight excluding hydrogens is 274 g/mol. The Bertz CT molecular complexity index is 529. The number of nitrogens with two attached hydrogens (primary N) is 1. The number of quaternary nitrogens is 1. The Labute approximate surface area is 133 Å². The van der Waals surface area contributed by atoms with Crippen LogP contribution >= 0.6 is 0 Å². The van der Waals surface area contributed by atoms with Crippen LogP contribution in [0.3, 0.4) is 0 Å². The highest BCUT2D eigenvalue weighted by molar-refractivity contribution is 5.78. The normalized spacial score (nSPS) is 18.2. The molecule has 4 nitrogen and oxygen atoms in total. The van der Waals surface area contributed by atoms with Crippen LogP contribution in [0.15, 0.2) is 30.3 Å². The second kappa shape index (κ2) is 7.42. The lowest BCUT2D eigenvalue weighted by molar-refractivity contribution is -0.683. The Hall–Kier alpha value is -1.86. The number of likely N-dealkylation sites (N-methyl/N-ethyl adjacent to an activating group) is 1. The SMILES string of the molecule is C[C@@H]([NH2+]CC(=O)N(C)C1(C#N)CCCCC1)c1ccccc1. The van der Waals surface area contributed by atoms with Crippen molar-refractivity contribution in [2.75, 3.05) is 13.6 Å². The molecule has 1 saturated carbocycles. The molecule has 0 saturated heterocycles. The quantitative estimate of drug-likeness (QED) is 0.904. The molecule has 0 unspecified atom stereocenters. The topological polar surface area (TPSA) is 60.7 Å². The minimum Gasteiger partial charge on any atom is -0.333 e. The van der Waals surface area contributed by atoms with Gasteiger partial charge in [-0.15, -0.1) is 0 Å². The number of hydrogen-bond acceptors (Lipinski definition) is 2. The molecule has 0 aliphatic heterocycles. The van der Waals surface area contributed by atoms with Gasteiger partial charge in [-0.1, -0.05) is 49.6 Å². The third-order valence-corrected chi connectivity index (χ3v) is 4.88. The zero-order valence-electron chi connectivity index (χ0n) is 13.6. The maximum Gasteiger partial charge on any atom is 0.278 e. The molecule has 2 N–H and O–H groups in total. The molecular formula is C18H26N3O+. The Morgan fingerprint density at radius 1 is 1.32 bits per heavy atom. The molecule has 4 heteroatoms. The summed E-state index contributed by atoms with van der Waals surface area (Å²) in [6.45, 7) is 2.49. The molecule has 0 aromatic heterocycles. The maximum atomic E-state index is 12.5. The fourth-order valence-corrected chi connectivity index (χ4v) is 3.20. The number of rotatable bonds is 5. The van der Waals surface area contributed by atoms with E-state index in [0.717, 1.165) is 25.7 Å². The van der Waals surface area contributed by atoms with Crippen molar-refractivity contribution in [3.8, 4) is 6.07 Å². The number of nitriles is 1. The number of hydrogen-bond donors (Lipinski definition) is 1. The van der Waals surface area contributed by atoms with Gasteiger partial charge in [-0.25, -0.2) is 0 Å². The zero-order chi connectivity index (χ0) is 16.0. The smallest absolute Gasteiger partial charge is 0.278 e. The summed E-state index contributed by atoms with van der Waals surface area (Å²) in [7, 11) is 1.79. The average molecular weight is 300 g/mol. The van der Waals surface area contributed by atoms with Crippen molar-refractivity contribution in [2.45, 2.75) is 50.6 Å². The van der Waals surface area contributed by atoms with Gasteiger partial charge in [0.1, 0.15) is 11.6 Å². The Balaban J connectivity index is 1.92. The van der Waals surface area contributed by atoms with Crippen LogP contribution in [0.5, 0.6) is 0 Å². The summed E-state index contributed by atoms with van der Waals surface area (Å²) >= 11 is 0. The fourth-order valence-electron chi connectivity index (χ4n) is 3.20. The predicted molar refractivity (Wildman–Crippen MR) is 85.8 cm³/mol. The molecule has 0 radical (unpaired) electrons. The van der Waals surface area contributed by atoms with E-state index in [0.29, 0.717) is 6.54 Å². The first-order chi connectivity index (χ1) is 10.6. The Morgan fingerprint density at radius 2 is 1.95 bits per heavy atom. The fraction of sp³-hybridized carbons (Fsp3) is 0.556. The minimum absolute atomic E-state index is 0.0474. The third kappa shape index (κ3) is 3.66. The summed E-state index contributed by atoms with van der Waals surface area (Å²) < 4.78 is 0. The molecule has 22 heavy (non-hydrogen) atoms. The van der Waals surface area contributed by atoms with Crippen molar-refractivity contribution in [2.24, 2.45) is 0 Å². The first-order valence-electron chi connectivity index (χ1n) is 8.15. The summed E-state index contributed by atoms with van der Waals surface area (Å²) in [5.74, 6) is 0.0474. The summed E-state index contributed by atoms with van der Waals surface area (Å²) in [6.07, 6.45) is 4.85. The lowest BCUT2D eigenvalue weighted by Gasteiger charge is -2.38. The largest absolute Gasteiger partial charge is 0.333 e. The van der Waals surface area contributed by atoms with Crippen LogP contribution in [-0.2, 0) is 4.79 Å². The van der Waals surface area contributed by atoms with Crippen molar-refractivity contribution < 1.29 is 10.1 Å². The predicted octanol–water partition coefficient (Wildman–Crippen LogP) is 2.00. The number of benzene rings is 1. The summed E-state index contributed by atoms with van der Waals surface area (Å²) in [5, 5.41) is 11.6. The van der Waals surface area contributed by atoms with Gasteiger partial charge in [0.15, 0.2) is 6.54 Å². The highest BCUT2D eigenvalue weighted by atomic mass is 16.2. The molecule has 1 aliphatic carbocycles. The number of carbonyl (C=O) groups excluding carboxylic acids is 1. The molecule has 0 bridgehead atoms. The van der Waals surface area contributed by atoms with Crippen molar-refractivity contribution in [1.82, 2.24) is 4.90 Å². The first-order valence-corrected chi connectivity index (χ1v) is 8.15. The molecule has 2 rings (SSSR count). The first kappa shape index (κ1) is 16.5. The van der Waals surface area contributed by atoms with E-state index >= 15 is 0 Å². The molecule has 0 heterocycles. The van der Waals surface area contributed by atoms with Gasteiger partial charge in [-0.05, 0) is 19.8 Å². The van der Waals surface area contributed by atoms with Crippen molar-refractivity contribution in [1.29, 1.82) is 5.26 Å². The van der Waals surface area contributed by atoms with Crippen LogP contribution in [0.2, 0.25) is 0 Å². The van der Waals surface area contributed by atoms with Gasteiger partial charge < -0.3 is 10.2 Å². The van der Waals surface area contributed by atoms with Crippen LogP contribution < -0.4 is 5.32 Å². The van der Waals surface area contributed by atoms with Crippen LogP contribution in [0.25, 0.3) is 0 Å². The molecule has 1 aliphatic rings. The van der Waals surface area contributed by atoms with Gasteiger partial charge in [-0.2, -0.15) is 5.26 Å². The monoisotopic (exact) mass is 300 g/mol. The van der Waals surface area contributed by atoms with E-state index in [1.54, 1.807) is 11.9 Å². The van der Waals surface area contributed by atoms with E-state index in [2.05, 4.69) is 25.1 Å². The summed E-state index contributed by atoms with van der Waals surface area (Å²) in [4.78, 5) is 14.2. The molecule has 1 fully saturated rings. The van der Waals surface area contributed by atoms with Crippen LogP contribution in [0, 0.1) is 11.3 Å². The van der Waals surface area contributed by atoms with E-state index in [1.807, 2.05) is 23.5 Å². The standard InChI is InChI=1S/C18H25N3O/c1-15(16-9-5-3-6-10-16)20-13-17(22)21(2)18(14-19)11-7-4-8-12-18/h3,5-6,9-10,15,20H,4,7-8,11-13H2,1-2H3/p+1/t15-/m1/s1. The van der Waals surface area contributed by atoms with Gasteiger partial charge in [0.05, 0.1) is 6.07 Å². The van der Waals surface area contributed by atoms with Crippen molar-refractivity contribution in [3.05, 3.63) is 35.9 Å². The minimum atomic E-state index is -0.584. The van der Waals surface area contributed by atoms with Crippen LogP contribution in [0.4, 0.5) is 0 Å². The molecule has 0 spiro atoms. The molecule has 1 aromatic rings. The van der Waals surface area contributed by atoms with Gasteiger partial charge in [-0.3, -0.25) is 4.79 Å². The second-order valence-electron chi connectivity index (χ2n) is 6.30. The van der Waals surface area contributed by atoms with Crippen LogP contribution in [0.1, 0.15) is 50.6 Å². The van der Waals surface area contributed by atoms with Gasteiger partial charge in [0, 0.05) is 12.6 Å². The van der Waals surface area contributed by atoms with E-state index in [-0.39, 0.29) is 11.9 Å². The Kier molecular flexibility index (Phi) is 5.57. The van der Waals surface area contributed by atoms with E-state index in [1.165, 1.54) is 12.0 Å². The number of nitrogens with zero attached hydrogens (tertiary/aromatic N) is 2. The van der Waals surface area contributed by atoms with Crippen molar-refractivity contribution >= 4 is 5.91 Å². The zero-order valence-corrected chi connectivity index (χ0v) is 13.6.